The summed E-state index contributed by atoms with van der Waals surface area (Å²) in [6.45, 7) is 2.39. The van der Waals surface area contributed by atoms with Crippen LogP contribution in [0.4, 0.5) is 0 Å². The Kier molecular flexibility index (Phi) is 5.30. The molecule has 4 heteroatoms. The molecule has 136 valence electrons. The van der Waals surface area contributed by atoms with Crippen LogP contribution in [0.15, 0.2) is 54.9 Å². The van der Waals surface area contributed by atoms with Gasteiger partial charge in [0, 0.05) is 38.0 Å². The third-order valence-electron chi connectivity index (χ3n) is 5.44. The lowest BCUT2D eigenvalue weighted by Crippen LogP contribution is -2.47. The fourth-order valence-corrected chi connectivity index (χ4v) is 3.74. The van der Waals surface area contributed by atoms with Crippen LogP contribution in [0.25, 0.3) is 0 Å². The van der Waals surface area contributed by atoms with Crippen molar-refractivity contribution in [3.05, 3.63) is 66.0 Å². The number of nitrogens with zero attached hydrogens (tertiary/aromatic N) is 2. The van der Waals surface area contributed by atoms with Crippen LogP contribution in [-0.4, -0.2) is 41.6 Å². The summed E-state index contributed by atoms with van der Waals surface area (Å²) in [6.07, 6.45) is 8.08. The lowest BCUT2D eigenvalue weighted by molar-refractivity contribution is -0.0326. The van der Waals surface area contributed by atoms with E-state index >= 15 is 0 Å². The van der Waals surface area contributed by atoms with Crippen molar-refractivity contribution in [3.8, 4) is 0 Å². The summed E-state index contributed by atoms with van der Waals surface area (Å²) in [6, 6.07) is 14.2. The first-order valence-corrected chi connectivity index (χ1v) is 9.64. The van der Waals surface area contributed by atoms with Crippen LogP contribution in [0.2, 0.25) is 0 Å². The molecule has 2 heterocycles. The number of hydrogen-bond acceptors (Lipinski definition) is 3. The Morgan fingerprint density at radius 2 is 1.96 bits per heavy atom. The van der Waals surface area contributed by atoms with Crippen molar-refractivity contribution in [1.82, 2.24) is 9.88 Å². The number of aromatic nitrogens is 1. The van der Waals surface area contributed by atoms with E-state index in [0.29, 0.717) is 11.5 Å². The van der Waals surface area contributed by atoms with E-state index in [1.807, 2.05) is 23.1 Å². The van der Waals surface area contributed by atoms with Gasteiger partial charge in [0.2, 0.25) is 0 Å². The van der Waals surface area contributed by atoms with E-state index < -0.39 is 0 Å². The minimum Gasteiger partial charge on any atom is -0.377 e. The van der Waals surface area contributed by atoms with Gasteiger partial charge < -0.3 is 9.64 Å². The standard InChI is InChI=1S/C22H26N2O2/c25-22(19-7-4-11-23-14-19)24-12-10-21(26-16-18-8-9-18)20(15-24)13-17-5-2-1-3-6-17/h1-7,11,14,18,20-21H,8-10,12-13,15-16H2/t20-,21-/m0/s1. The van der Waals surface area contributed by atoms with Crippen LogP contribution < -0.4 is 0 Å². The van der Waals surface area contributed by atoms with Gasteiger partial charge in [0.05, 0.1) is 11.7 Å². The zero-order valence-corrected chi connectivity index (χ0v) is 15.1. The second-order valence-electron chi connectivity index (χ2n) is 7.55. The first-order valence-electron chi connectivity index (χ1n) is 9.64. The lowest BCUT2D eigenvalue weighted by Gasteiger charge is -2.38. The van der Waals surface area contributed by atoms with Crippen LogP contribution in [-0.2, 0) is 11.2 Å². The molecular formula is C22H26N2O2. The summed E-state index contributed by atoms with van der Waals surface area (Å²) in [7, 11) is 0. The van der Waals surface area contributed by atoms with E-state index in [0.717, 1.165) is 38.5 Å². The topological polar surface area (TPSA) is 42.4 Å². The van der Waals surface area contributed by atoms with Crippen LogP contribution in [0.3, 0.4) is 0 Å². The number of benzene rings is 1. The molecule has 26 heavy (non-hydrogen) atoms. The Morgan fingerprint density at radius 1 is 1.12 bits per heavy atom. The quantitative estimate of drug-likeness (QED) is 0.800. The molecule has 1 amide bonds. The number of ether oxygens (including phenoxy) is 1. The largest absolute Gasteiger partial charge is 0.377 e. The van der Waals surface area contributed by atoms with Crippen LogP contribution >= 0.6 is 0 Å². The fourth-order valence-electron chi connectivity index (χ4n) is 3.74. The number of rotatable bonds is 6. The highest BCUT2D eigenvalue weighted by Gasteiger charge is 2.34. The molecule has 1 aromatic carbocycles. The maximum Gasteiger partial charge on any atom is 0.255 e. The Hall–Kier alpha value is -2.20. The average Bonchev–Trinajstić information content (AvgIpc) is 3.52. The summed E-state index contributed by atoms with van der Waals surface area (Å²) >= 11 is 0. The molecule has 2 fully saturated rings. The number of pyridine rings is 1. The molecule has 1 aliphatic carbocycles. The van der Waals surface area contributed by atoms with Gasteiger partial charge in [-0.2, -0.15) is 0 Å². The number of amides is 1. The van der Waals surface area contributed by atoms with E-state index in [4.69, 9.17) is 4.74 Å². The summed E-state index contributed by atoms with van der Waals surface area (Å²) in [5.41, 5.74) is 1.98. The first-order chi connectivity index (χ1) is 12.8. The van der Waals surface area contributed by atoms with Crippen molar-refractivity contribution in [3.63, 3.8) is 0 Å². The molecule has 0 spiro atoms. The maximum atomic E-state index is 12.8. The van der Waals surface area contributed by atoms with Gasteiger partial charge in [-0.1, -0.05) is 30.3 Å². The predicted octanol–water partition coefficient (Wildman–Crippen LogP) is 3.58. The monoisotopic (exact) mass is 350 g/mol. The normalized spacial score (nSPS) is 23.0. The van der Waals surface area contributed by atoms with Gasteiger partial charge in [-0.3, -0.25) is 9.78 Å². The molecule has 0 N–H and O–H groups in total. The molecule has 2 aromatic rings. The fraction of sp³-hybridized carbons (Fsp3) is 0.455. The number of likely N-dealkylation sites (tertiary alicyclic amines) is 1. The summed E-state index contributed by atoms with van der Waals surface area (Å²) in [5, 5.41) is 0. The van der Waals surface area contributed by atoms with E-state index in [-0.39, 0.29) is 12.0 Å². The van der Waals surface area contributed by atoms with Gasteiger partial charge in [-0.25, -0.2) is 0 Å². The lowest BCUT2D eigenvalue weighted by atomic mass is 9.88. The molecule has 1 saturated heterocycles. The number of piperidine rings is 1. The SMILES string of the molecule is O=C(c1cccnc1)N1CC[C@H](OCC2CC2)[C@@H](Cc2ccccc2)C1. The molecule has 4 nitrogen and oxygen atoms in total. The number of hydrogen-bond donors (Lipinski definition) is 0. The molecule has 1 aliphatic heterocycles. The first kappa shape index (κ1) is 17.2. The smallest absolute Gasteiger partial charge is 0.255 e. The molecule has 4 rings (SSSR count). The third-order valence-corrected chi connectivity index (χ3v) is 5.44. The highest BCUT2D eigenvalue weighted by molar-refractivity contribution is 5.93. The highest BCUT2D eigenvalue weighted by Crippen LogP contribution is 2.32. The van der Waals surface area contributed by atoms with Crippen molar-refractivity contribution in [1.29, 1.82) is 0 Å². The average molecular weight is 350 g/mol. The second kappa shape index (κ2) is 8.00. The Bertz CT molecular complexity index is 715. The minimum atomic E-state index is 0.0804. The zero-order chi connectivity index (χ0) is 17.8. The summed E-state index contributed by atoms with van der Waals surface area (Å²) in [4.78, 5) is 18.9. The van der Waals surface area contributed by atoms with Crippen molar-refractivity contribution in [2.45, 2.75) is 31.8 Å². The highest BCUT2D eigenvalue weighted by atomic mass is 16.5. The Labute approximate surface area is 155 Å². The molecule has 0 bridgehead atoms. The maximum absolute atomic E-state index is 12.8. The van der Waals surface area contributed by atoms with Crippen molar-refractivity contribution in [2.24, 2.45) is 11.8 Å². The third kappa shape index (κ3) is 4.31. The van der Waals surface area contributed by atoms with Crippen LogP contribution in [0.5, 0.6) is 0 Å². The minimum absolute atomic E-state index is 0.0804. The molecule has 1 saturated carbocycles. The van der Waals surface area contributed by atoms with E-state index in [1.54, 1.807) is 12.4 Å². The summed E-state index contributed by atoms with van der Waals surface area (Å²) < 4.78 is 6.28. The van der Waals surface area contributed by atoms with Crippen molar-refractivity contribution >= 4 is 5.91 Å². The second-order valence-corrected chi connectivity index (χ2v) is 7.55. The Balaban J connectivity index is 1.45. The van der Waals surface area contributed by atoms with Gasteiger partial charge in [0.1, 0.15) is 0 Å². The molecule has 0 radical (unpaired) electrons. The molecule has 2 aliphatic rings. The van der Waals surface area contributed by atoms with Gasteiger partial charge in [-0.05, 0) is 49.3 Å². The van der Waals surface area contributed by atoms with Gasteiger partial charge in [-0.15, -0.1) is 0 Å². The van der Waals surface area contributed by atoms with Crippen molar-refractivity contribution in [2.75, 3.05) is 19.7 Å². The number of carbonyl (C=O) groups excluding carboxylic acids is 1. The molecule has 1 aromatic heterocycles. The molecule has 2 atom stereocenters. The van der Waals surface area contributed by atoms with Gasteiger partial charge in [0.15, 0.2) is 0 Å². The van der Waals surface area contributed by atoms with Crippen LogP contribution in [0.1, 0.15) is 35.2 Å². The summed E-state index contributed by atoms with van der Waals surface area (Å²) in [5.74, 6) is 1.18. The molecule has 0 unspecified atom stereocenters. The van der Waals surface area contributed by atoms with E-state index in [9.17, 15) is 4.79 Å². The van der Waals surface area contributed by atoms with E-state index in [1.165, 1.54) is 18.4 Å². The van der Waals surface area contributed by atoms with Gasteiger partial charge >= 0.3 is 0 Å². The van der Waals surface area contributed by atoms with Crippen LogP contribution in [0, 0.1) is 11.8 Å². The number of carbonyl (C=O) groups is 1. The van der Waals surface area contributed by atoms with Crippen molar-refractivity contribution < 1.29 is 9.53 Å². The molecular weight excluding hydrogens is 324 g/mol. The predicted molar refractivity (Wildman–Crippen MR) is 101 cm³/mol. The Morgan fingerprint density at radius 3 is 2.69 bits per heavy atom. The van der Waals surface area contributed by atoms with E-state index in [2.05, 4.69) is 29.2 Å². The zero-order valence-electron chi connectivity index (χ0n) is 15.1. The van der Waals surface area contributed by atoms with Gasteiger partial charge in [0.25, 0.3) is 5.91 Å².